The fourth-order valence-corrected chi connectivity index (χ4v) is 1.56. The SMILES string of the molecule is CC.CC.Cc1ccc2c(c1C)CCO2. The van der Waals surface area contributed by atoms with Crippen LogP contribution in [0.5, 0.6) is 5.75 Å². The van der Waals surface area contributed by atoms with Crippen LogP contribution in [0.3, 0.4) is 0 Å². The lowest BCUT2D eigenvalue weighted by Crippen LogP contribution is -1.87. The normalized spacial score (nSPS) is 11.3. The van der Waals surface area contributed by atoms with Crippen molar-refractivity contribution in [2.24, 2.45) is 0 Å². The monoisotopic (exact) mass is 208 g/mol. The summed E-state index contributed by atoms with van der Waals surface area (Å²) in [5.74, 6) is 1.09. The summed E-state index contributed by atoms with van der Waals surface area (Å²) in [7, 11) is 0. The van der Waals surface area contributed by atoms with E-state index in [-0.39, 0.29) is 0 Å². The van der Waals surface area contributed by atoms with E-state index >= 15 is 0 Å². The molecule has 1 aliphatic heterocycles. The minimum atomic E-state index is 0.861. The van der Waals surface area contributed by atoms with Crippen molar-refractivity contribution >= 4 is 0 Å². The van der Waals surface area contributed by atoms with Crippen molar-refractivity contribution in [2.75, 3.05) is 6.61 Å². The summed E-state index contributed by atoms with van der Waals surface area (Å²) in [4.78, 5) is 0. The number of hydrogen-bond donors (Lipinski definition) is 0. The van der Waals surface area contributed by atoms with Gasteiger partial charge in [0.25, 0.3) is 0 Å². The topological polar surface area (TPSA) is 9.23 Å². The van der Waals surface area contributed by atoms with Crippen LogP contribution < -0.4 is 4.74 Å². The highest BCUT2D eigenvalue weighted by molar-refractivity contribution is 5.45. The van der Waals surface area contributed by atoms with E-state index in [1.165, 1.54) is 16.7 Å². The van der Waals surface area contributed by atoms with Gasteiger partial charge in [0.15, 0.2) is 0 Å². The first-order valence-electron chi connectivity index (χ1n) is 6.01. The summed E-state index contributed by atoms with van der Waals surface area (Å²) in [6, 6.07) is 4.20. The Bertz CT molecular complexity index is 290. The maximum Gasteiger partial charge on any atom is 0.122 e. The molecule has 1 aromatic rings. The maximum atomic E-state index is 5.43. The molecule has 15 heavy (non-hydrogen) atoms. The Hall–Kier alpha value is -0.980. The minimum absolute atomic E-state index is 0.861. The van der Waals surface area contributed by atoms with Crippen LogP contribution in [0.15, 0.2) is 12.1 Å². The third-order valence-corrected chi connectivity index (χ3v) is 2.44. The van der Waals surface area contributed by atoms with E-state index in [4.69, 9.17) is 4.74 Å². The molecule has 0 fully saturated rings. The first-order valence-corrected chi connectivity index (χ1v) is 6.01. The van der Waals surface area contributed by atoms with E-state index in [0.717, 1.165) is 18.8 Å². The van der Waals surface area contributed by atoms with Gasteiger partial charge in [-0.2, -0.15) is 0 Å². The fraction of sp³-hybridized carbons (Fsp3) is 0.571. The molecule has 86 valence electrons. The molecule has 0 spiro atoms. The highest BCUT2D eigenvalue weighted by atomic mass is 16.5. The van der Waals surface area contributed by atoms with E-state index in [1.807, 2.05) is 27.7 Å². The number of fused-ring (bicyclic) bond motifs is 1. The van der Waals surface area contributed by atoms with Crippen molar-refractivity contribution in [1.82, 2.24) is 0 Å². The largest absolute Gasteiger partial charge is 0.493 e. The molecule has 2 rings (SSSR count). The van der Waals surface area contributed by atoms with Crippen LogP contribution in [0.4, 0.5) is 0 Å². The van der Waals surface area contributed by atoms with Crippen LogP contribution in [0, 0.1) is 13.8 Å². The lowest BCUT2D eigenvalue weighted by atomic mass is 10.0. The summed E-state index contributed by atoms with van der Waals surface area (Å²) in [5.41, 5.74) is 4.18. The van der Waals surface area contributed by atoms with Gasteiger partial charge in [0.05, 0.1) is 6.61 Å². The van der Waals surface area contributed by atoms with Crippen LogP contribution in [0.25, 0.3) is 0 Å². The molecule has 1 heteroatoms. The number of rotatable bonds is 0. The Balaban J connectivity index is 0.000000442. The molecule has 0 amide bonds. The number of aryl methyl sites for hydroxylation is 1. The molecule has 1 aliphatic rings. The Morgan fingerprint density at radius 2 is 1.60 bits per heavy atom. The molecule has 0 atom stereocenters. The summed E-state index contributed by atoms with van der Waals surface area (Å²) in [6.07, 6.45) is 1.09. The van der Waals surface area contributed by atoms with Gasteiger partial charge in [-0.1, -0.05) is 33.8 Å². The van der Waals surface area contributed by atoms with Crippen molar-refractivity contribution in [3.8, 4) is 5.75 Å². The summed E-state index contributed by atoms with van der Waals surface area (Å²) in [6.45, 7) is 13.2. The standard InChI is InChI=1S/C10H12O.2C2H6/c1-7-3-4-10-9(8(7)2)5-6-11-10;2*1-2/h3-4H,5-6H2,1-2H3;2*1-2H3. The van der Waals surface area contributed by atoms with E-state index in [1.54, 1.807) is 0 Å². The van der Waals surface area contributed by atoms with Gasteiger partial charge < -0.3 is 4.74 Å². The Morgan fingerprint density at radius 1 is 1.00 bits per heavy atom. The molecule has 0 saturated carbocycles. The van der Waals surface area contributed by atoms with Crippen molar-refractivity contribution in [3.05, 3.63) is 28.8 Å². The zero-order chi connectivity index (χ0) is 11.8. The first kappa shape index (κ1) is 14.0. The minimum Gasteiger partial charge on any atom is -0.493 e. The highest BCUT2D eigenvalue weighted by Crippen LogP contribution is 2.29. The summed E-state index contributed by atoms with van der Waals surface area (Å²) >= 11 is 0. The van der Waals surface area contributed by atoms with E-state index < -0.39 is 0 Å². The van der Waals surface area contributed by atoms with E-state index in [9.17, 15) is 0 Å². The molecule has 1 heterocycles. The van der Waals surface area contributed by atoms with E-state index in [0.29, 0.717) is 0 Å². The number of hydrogen-bond acceptors (Lipinski definition) is 1. The quantitative estimate of drug-likeness (QED) is 0.618. The first-order chi connectivity index (χ1) is 7.29. The second kappa shape index (κ2) is 7.33. The molecule has 0 radical (unpaired) electrons. The van der Waals surface area contributed by atoms with Crippen LogP contribution in [-0.4, -0.2) is 6.61 Å². The summed E-state index contributed by atoms with van der Waals surface area (Å²) < 4.78 is 5.43. The predicted molar refractivity (Wildman–Crippen MR) is 67.8 cm³/mol. The second-order valence-electron chi connectivity index (χ2n) is 3.08. The van der Waals surface area contributed by atoms with Gasteiger partial charge in [-0.3, -0.25) is 0 Å². The van der Waals surface area contributed by atoms with Crippen molar-refractivity contribution < 1.29 is 4.74 Å². The highest BCUT2D eigenvalue weighted by Gasteiger charge is 2.14. The van der Waals surface area contributed by atoms with Gasteiger partial charge in [-0.25, -0.2) is 0 Å². The second-order valence-corrected chi connectivity index (χ2v) is 3.08. The lowest BCUT2D eigenvalue weighted by Gasteiger charge is -2.04. The van der Waals surface area contributed by atoms with E-state index in [2.05, 4.69) is 26.0 Å². The maximum absolute atomic E-state index is 5.43. The smallest absolute Gasteiger partial charge is 0.122 e. The molecule has 0 bridgehead atoms. The average Bonchev–Trinajstić information content (AvgIpc) is 2.78. The van der Waals surface area contributed by atoms with Gasteiger partial charge in [-0.05, 0) is 31.0 Å². The molecular weight excluding hydrogens is 184 g/mol. The third kappa shape index (κ3) is 3.26. The molecule has 1 aromatic carbocycles. The molecule has 0 aliphatic carbocycles. The van der Waals surface area contributed by atoms with Crippen LogP contribution in [-0.2, 0) is 6.42 Å². The van der Waals surface area contributed by atoms with Crippen LogP contribution in [0.2, 0.25) is 0 Å². The molecule has 0 saturated heterocycles. The molecule has 0 aromatic heterocycles. The van der Waals surface area contributed by atoms with Gasteiger partial charge >= 0.3 is 0 Å². The Kier molecular flexibility index (Phi) is 6.85. The zero-order valence-corrected chi connectivity index (χ0v) is 11.0. The zero-order valence-electron chi connectivity index (χ0n) is 11.0. The van der Waals surface area contributed by atoms with Gasteiger partial charge in [-0.15, -0.1) is 0 Å². The molecule has 1 nitrogen and oxygen atoms in total. The van der Waals surface area contributed by atoms with Crippen molar-refractivity contribution in [2.45, 2.75) is 48.0 Å². The van der Waals surface area contributed by atoms with Gasteiger partial charge in [0, 0.05) is 12.0 Å². The Morgan fingerprint density at radius 3 is 2.20 bits per heavy atom. The number of benzene rings is 1. The third-order valence-electron chi connectivity index (χ3n) is 2.44. The predicted octanol–water partition coefficient (Wildman–Crippen LogP) is 4.29. The van der Waals surface area contributed by atoms with Crippen LogP contribution >= 0.6 is 0 Å². The number of ether oxygens (including phenoxy) is 1. The average molecular weight is 208 g/mol. The van der Waals surface area contributed by atoms with Gasteiger partial charge in [0.1, 0.15) is 5.75 Å². The van der Waals surface area contributed by atoms with Crippen LogP contribution in [0.1, 0.15) is 44.4 Å². The Labute approximate surface area is 94.5 Å². The molecule has 0 unspecified atom stereocenters. The van der Waals surface area contributed by atoms with Crippen molar-refractivity contribution in [1.29, 1.82) is 0 Å². The lowest BCUT2D eigenvalue weighted by molar-refractivity contribution is 0.357. The van der Waals surface area contributed by atoms with Gasteiger partial charge in [0.2, 0.25) is 0 Å². The molecular formula is C14H24O. The summed E-state index contributed by atoms with van der Waals surface area (Å²) in [5, 5.41) is 0. The fourth-order valence-electron chi connectivity index (χ4n) is 1.56. The molecule has 0 N–H and O–H groups in total. The van der Waals surface area contributed by atoms with Crippen molar-refractivity contribution in [3.63, 3.8) is 0 Å².